The molecule has 11 heteroatoms. The van der Waals surface area contributed by atoms with Crippen molar-refractivity contribution in [2.24, 2.45) is 0 Å². The highest BCUT2D eigenvalue weighted by atomic mass is 35.5. The van der Waals surface area contributed by atoms with Crippen molar-refractivity contribution in [2.45, 2.75) is 23.8 Å². The van der Waals surface area contributed by atoms with Crippen molar-refractivity contribution in [1.82, 2.24) is 19.4 Å². The van der Waals surface area contributed by atoms with Crippen molar-refractivity contribution in [3.05, 3.63) is 29.0 Å². The molecule has 9 nitrogen and oxygen atoms in total. The molecule has 1 fully saturated rings. The maximum absolute atomic E-state index is 12.7. The van der Waals surface area contributed by atoms with Crippen LogP contribution in [0.2, 0.25) is 5.02 Å². The predicted octanol–water partition coefficient (Wildman–Crippen LogP) is 0.291. The van der Waals surface area contributed by atoms with Crippen LogP contribution in [0.15, 0.2) is 21.7 Å². The molecule has 1 aliphatic rings. The van der Waals surface area contributed by atoms with Crippen LogP contribution in [0.4, 0.5) is 5.82 Å². The van der Waals surface area contributed by atoms with Crippen molar-refractivity contribution in [3.8, 4) is 0 Å². The summed E-state index contributed by atoms with van der Waals surface area (Å²) < 4.78 is 31.5. The fourth-order valence-electron chi connectivity index (χ4n) is 2.40. The van der Waals surface area contributed by atoms with E-state index in [2.05, 4.69) is 15.1 Å². The normalized spacial score (nSPS) is 22.6. The molecule has 0 spiro atoms. The number of anilines is 1. The Kier molecular flexibility index (Phi) is 3.79. The number of aromatic nitrogens is 3. The minimum atomic E-state index is -3.95. The van der Waals surface area contributed by atoms with Crippen LogP contribution in [0, 0.1) is 6.92 Å². The molecule has 0 saturated carbocycles. The predicted molar refractivity (Wildman–Crippen MR) is 80.0 cm³/mol. The van der Waals surface area contributed by atoms with Gasteiger partial charge in [0.05, 0.1) is 11.6 Å². The zero-order valence-corrected chi connectivity index (χ0v) is 13.7. The van der Waals surface area contributed by atoms with Gasteiger partial charge in [0.1, 0.15) is 10.7 Å². The van der Waals surface area contributed by atoms with Gasteiger partial charge in [0.2, 0.25) is 10.0 Å². The fourth-order valence-corrected chi connectivity index (χ4v) is 4.21. The highest BCUT2D eigenvalue weighted by Crippen LogP contribution is 2.35. The number of aryl methyl sites for hydroxylation is 1. The number of hydrogen-bond acceptors (Lipinski definition) is 8. The number of β-amino-alcohol motifs (C(OH)–C–C–N with tert-alkyl or cyclic N) is 1. The van der Waals surface area contributed by atoms with Crippen molar-refractivity contribution >= 4 is 27.4 Å². The molecule has 0 unspecified atom stereocenters. The summed E-state index contributed by atoms with van der Waals surface area (Å²) in [5.41, 5.74) is 4.11. The fraction of sp³-hybridized carbons (Fsp3) is 0.417. The van der Waals surface area contributed by atoms with Gasteiger partial charge in [-0.05, 0) is 13.0 Å². The van der Waals surface area contributed by atoms with E-state index >= 15 is 0 Å². The van der Waals surface area contributed by atoms with E-state index in [0.717, 1.165) is 4.31 Å². The number of nitrogens with two attached hydrogens (primary N) is 1. The molecule has 3 heterocycles. The number of aliphatic hydroxyl groups is 1. The molecule has 0 amide bonds. The number of rotatable bonds is 3. The Bertz CT molecular complexity index is 855. The molecule has 1 saturated heterocycles. The van der Waals surface area contributed by atoms with Crippen LogP contribution < -0.4 is 5.73 Å². The van der Waals surface area contributed by atoms with Crippen molar-refractivity contribution in [1.29, 1.82) is 0 Å². The van der Waals surface area contributed by atoms with Crippen LogP contribution in [-0.4, -0.2) is 46.0 Å². The van der Waals surface area contributed by atoms with Crippen LogP contribution in [0.5, 0.6) is 0 Å². The summed E-state index contributed by atoms with van der Waals surface area (Å²) in [5, 5.41) is 14.4. The van der Waals surface area contributed by atoms with E-state index in [9.17, 15) is 13.5 Å². The number of pyridine rings is 1. The first-order chi connectivity index (χ1) is 10.7. The third-order valence-electron chi connectivity index (χ3n) is 3.60. The number of halogens is 1. The quantitative estimate of drug-likeness (QED) is 0.798. The smallest absolute Gasteiger partial charge is 0.260 e. The Hall–Kier alpha value is -1.75. The Morgan fingerprint density at radius 2 is 2.26 bits per heavy atom. The van der Waals surface area contributed by atoms with Crippen LogP contribution in [-0.2, 0) is 15.6 Å². The van der Waals surface area contributed by atoms with E-state index in [1.165, 1.54) is 12.3 Å². The van der Waals surface area contributed by atoms with E-state index in [-0.39, 0.29) is 41.1 Å². The summed E-state index contributed by atoms with van der Waals surface area (Å²) in [6.07, 6.45) is 1.39. The molecule has 23 heavy (non-hydrogen) atoms. The lowest BCUT2D eigenvalue weighted by Crippen LogP contribution is -2.35. The Labute approximate surface area is 137 Å². The number of nitrogen functional groups attached to an aromatic ring is 1. The molecular formula is C12H14ClN5O4S. The first-order valence-electron chi connectivity index (χ1n) is 6.67. The molecule has 0 bridgehead atoms. The lowest BCUT2D eigenvalue weighted by atomic mass is 10.0. The Balaban J connectivity index is 1.93. The van der Waals surface area contributed by atoms with Gasteiger partial charge >= 0.3 is 0 Å². The maximum Gasteiger partial charge on any atom is 0.260 e. The van der Waals surface area contributed by atoms with Crippen molar-refractivity contribution in [2.75, 3.05) is 18.8 Å². The van der Waals surface area contributed by atoms with Gasteiger partial charge in [0.25, 0.3) is 5.89 Å². The largest absolute Gasteiger partial charge is 0.383 e. The lowest BCUT2D eigenvalue weighted by Gasteiger charge is -2.20. The SMILES string of the molecule is Cc1noc([C@]2(O)CCN(S(=O)(=O)c3cc(Cl)cnc3N)C2)n1. The third kappa shape index (κ3) is 2.78. The average Bonchev–Trinajstić information content (AvgIpc) is 3.09. The zero-order valence-electron chi connectivity index (χ0n) is 12.1. The van der Waals surface area contributed by atoms with Gasteiger partial charge in [0.15, 0.2) is 11.4 Å². The van der Waals surface area contributed by atoms with E-state index < -0.39 is 15.6 Å². The molecule has 3 N–H and O–H groups in total. The van der Waals surface area contributed by atoms with Crippen LogP contribution >= 0.6 is 11.6 Å². The minimum absolute atomic E-state index is 0.00936. The molecule has 0 aromatic carbocycles. The van der Waals surface area contributed by atoms with E-state index in [0.29, 0.717) is 5.82 Å². The van der Waals surface area contributed by atoms with Gasteiger partial charge < -0.3 is 15.4 Å². The van der Waals surface area contributed by atoms with Crippen LogP contribution in [0.1, 0.15) is 18.1 Å². The number of sulfonamides is 1. The van der Waals surface area contributed by atoms with E-state index in [1.807, 2.05) is 0 Å². The topological polar surface area (TPSA) is 135 Å². The van der Waals surface area contributed by atoms with Gasteiger partial charge in [-0.15, -0.1) is 0 Å². The summed E-state index contributed by atoms with van der Waals surface area (Å²) in [5.74, 6) is 0.196. The highest BCUT2D eigenvalue weighted by molar-refractivity contribution is 7.89. The Morgan fingerprint density at radius 3 is 2.91 bits per heavy atom. The second-order valence-electron chi connectivity index (χ2n) is 5.30. The van der Waals surface area contributed by atoms with Gasteiger partial charge in [-0.25, -0.2) is 13.4 Å². The molecule has 1 aliphatic heterocycles. The number of nitrogens with zero attached hydrogens (tertiary/aromatic N) is 4. The molecule has 3 rings (SSSR count). The van der Waals surface area contributed by atoms with E-state index in [1.54, 1.807) is 6.92 Å². The second-order valence-corrected chi connectivity index (χ2v) is 7.65. The number of hydrogen-bond donors (Lipinski definition) is 2. The standard InChI is InChI=1S/C12H14ClN5O4S/c1-7-16-11(22-17-7)12(19)2-3-18(6-12)23(20,21)9-4-8(13)5-15-10(9)14/h4-5,19H,2-3,6H2,1H3,(H2,14,15)/t12-/m0/s1. The van der Waals surface area contributed by atoms with Gasteiger partial charge in [0, 0.05) is 19.2 Å². The molecule has 0 radical (unpaired) electrons. The molecule has 0 aliphatic carbocycles. The summed E-state index contributed by atoms with van der Waals surface area (Å²) in [6.45, 7) is 1.47. The molecule has 1 atom stereocenters. The van der Waals surface area contributed by atoms with Crippen molar-refractivity contribution in [3.63, 3.8) is 0 Å². The first kappa shape index (κ1) is 16.1. The first-order valence-corrected chi connectivity index (χ1v) is 8.48. The molecular weight excluding hydrogens is 346 g/mol. The average molecular weight is 360 g/mol. The summed E-state index contributed by atoms with van der Waals surface area (Å²) in [7, 11) is -3.95. The van der Waals surface area contributed by atoms with Gasteiger partial charge in [-0.3, -0.25) is 0 Å². The lowest BCUT2D eigenvalue weighted by molar-refractivity contribution is 0.0194. The van der Waals surface area contributed by atoms with Gasteiger partial charge in [-0.1, -0.05) is 16.8 Å². The zero-order chi connectivity index (χ0) is 16.8. The second kappa shape index (κ2) is 5.41. The maximum atomic E-state index is 12.7. The summed E-state index contributed by atoms with van der Waals surface area (Å²) >= 11 is 5.80. The van der Waals surface area contributed by atoms with Crippen molar-refractivity contribution < 1.29 is 18.0 Å². The van der Waals surface area contributed by atoms with Crippen LogP contribution in [0.25, 0.3) is 0 Å². The monoisotopic (exact) mass is 359 g/mol. The third-order valence-corrected chi connectivity index (χ3v) is 5.69. The highest BCUT2D eigenvalue weighted by Gasteiger charge is 2.47. The van der Waals surface area contributed by atoms with E-state index in [4.69, 9.17) is 21.9 Å². The summed E-state index contributed by atoms with van der Waals surface area (Å²) in [6, 6.07) is 1.23. The van der Waals surface area contributed by atoms with Gasteiger partial charge in [-0.2, -0.15) is 9.29 Å². The molecule has 2 aromatic heterocycles. The van der Waals surface area contributed by atoms with Crippen LogP contribution in [0.3, 0.4) is 0 Å². The molecule has 2 aromatic rings. The summed E-state index contributed by atoms with van der Waals surface area (Å²) in [4.78, 5) is 7.53. The Morgan fingerprint density at radius 1 is 1.52 bits per heavy atom. The molecule has 124 valence electrons. The minimum Gasteiger partial charge on any atom is -0.383 e.